The summed E-state index contributed by atoms with van der Waals surface area (Å²) >= 11 is 0. The minimum absolute atomic E-state index is 0.0327. The van der Waals surface area contributed by atoms with E-state index in [4.69, 9.17) is 10.5 Å². The number of hydrogen-bond acceptors (Lipinski definition) is 3. The summed E-state index contributed by atoms with van der Waals surface area (Å²) < 4.78 is 7.57. The Hall–Kier alpha value is -1.81. The van der Waals surface area contributed by atoms with Crippen LogP contribution in [0.4, 0.5) is 0 Å². The highest BCUT2D eigenvalue weighted by molar-refractivity contribution is 5.31. The van der Waals surface area contributed by atoms with Crippen LogP contribution in [0.5, 0.6) is 5.75 Å². The Morgan fingerprint density at radius 2 is 2.20 bits per heavy atom. The van der Waals surface area contributed by atoms with E-state index in [1.165, 1.54) is 5.56 Å². The van der Waals surface area contributed by atoms with Crippen LogP contribution in [-0.2, 0) is 13.0 Å². The van der Waals surface area contributed by atoms with Gasteiger partial charge in [0, 0.05) is 18.8 Å². The molecule has 0 aliphatic rings. The van der Waals surface area contributed by atoms with Gasteiger partial charge in [0.05, 0.1) is 12.8 Å². The summed E-state index contributed by atoms with van der Waals surface area (Å²) in [6, 6.07) is 8.02. The average Bonchev–Trinajstić information content (AvgIpc) is 2.93. The Kier molecular flexibility index (Phi) is 5.18. The number of nitrogens with zero attached hydrogens (tertiary/aromatic N) is 2. The lowest BCUT2D eigenvalue weighted by atomic mass is 10.0. The van der Waals surface area contributed by atoms with Gasteiger partial charge in [0.25, 0.3) is 0 Å². The Balaban J connectivity index is 2.02. The molecule has 108 valence electrons. The lowest BCUT2D eigenvalue weighted by Gasteiger charge is -2.13. The topological polar surface area (TPSA) is 53.1 Å². The van der Waals surface area contributed by atoms with Crippen LogP contribution in [-0.4, -0.2) is 16.4 Å². The SMILES string of the molecule is CCCOc1cccc(C(N)Cc2cnn(CC)c2)c1. The fraction of sp³-hybridized carbons (Fsp3) is 0.438. The molecule has 4 nitrogen and oxygen atoms in total. The molecule has 1 aromatic heterocycles. The molecule has 0 bridgehead atoms. The smallest absolute Gasteiger partial charge is 0.119 e. The number of aromatic nitrogens is 2. The number of nitrogens with two attached hydrogens (primary N) is 1. The summed E-state index contributed by atoms with van der Waals surface area (Å²) in [5.74, 6) is 0.893. The van der Waals surface area contributed by atoms with Gasteiger partial charge in [-0.1, -0.05) is 19.1 Å². The zero-order valence-electron chi connectivity index (χ0n) is 12.2. The van der Waals surface area contributed by atoms with Gasteiger partial charge in [-0.15, -0.1) is 0 Å². The Bertz CT molecular complexity index is 536. The second-order valence-electron chi connectivity index (χ2n) is 4.94. The van der Waals surface area contributed by atoms with Gasteiger partial charge in [-0.25, -0.2) is 0 Å². The molecule has 0 aliphatic carbocycles. The van der Waals surface area contributed by atoms with Gasteiger partial charge < -0.3 is 10.5 Å². The summed E-state index contributed by atoms with van der Waals surface area (Å²) in [5, 5.41) is 4.28. The van der Waals surface area contributed by atoms with Crippen molar-refractivity contribution in [1.29, 1.82) is 0 Å². The molecule has 1 aromatic carbocycles. The molecule has 1 heterocycles. The van der Waals surface area contributed by atoms with Gasteiger partial charge in [-0.05, 0) is 43.0 Å². The first-order chi connectivity index (χ1) is 9.72. The Labute approximate surface area is 120 Å². The molecule has 0 saturated carbocycles. The van der Waals surface area contributed by atoms with Crippen molar-refractivity contribution in [2.45, 2.75) is 39.3 Å². The maximum atomic E-state index is 6.28. The molecule has 2 N–H and O–H groups in total. The largest absolute Gasteiger partial charge is 0.494 e. The van der Waals surface area contributed by atoms with Crippen molar-refractivity contribution >= 4 is 0 Å². The maximum absolute atomic E-state index is 6.28. The highest BCUT2D eigenvalue weighted by atomic mass is 16.5. The molecular formula is C16H23N3O. The summed E-state index contributed by atoms with van der Waals surface area (Å²) in [5.41, 5.74) is 8.55. The van der Waals surface area contributed by atoms with E-state index < -0.39 is 0 Å². The van der Waals surface area contributed by atoms with Gasteiger partial charge in [0.1, 0.15) is 5.75 Å². The standard InChI is InChI=1S/C16H23N3O/c1-3-8-20-15-7-5-6-14(10-15)16(17)9-13-11-18-19(4-2)12-13/h5-7,10-12,16H,3-4,8-9,17H2,1-2H3. The molecule has 0 amide bonds. The highest BCUT2D eigenvalue weighted by Crippen LogP contribution is 2.21. The zero-order valence-corrected chi connectivity index (χ0v) is 12.2. The predicted octanol–water partition coefficient (Wildman–Crippen LogP) is 2.93. The summed E-state index contributed by atoms with van der Waals surface area (Å²) in [6.07, 6.45) is 5.74. The van der Waals surface area contributed by atoms with Crippen molar-refractivity contribution in [3.05, 3.63) is 47.8 Å². The van der Waals surface area contributed by atoms with Crippen LogP contribution < -0.4 is 10.5 Å². The minimum Gasteiger partial charge on any atom is -0.494 e. The predicted molar refractivity (Wildman–Crippen MR) is 80.8 cm³/mol. The van der Waals surface area contributed by atoms with Gasteiger partial charge in [0.15, 0.2) is 0 Å². The molecule has 4 heteroatoms. The van der Waals surface area contributed by atoms with Crippen molar-refractivity contribution in [2.24, 2.45) is 5.73 Å². The summed E-state index contributed by atoms with van der Waals surface area (Å²) in [7, 11) is 0. The molecule has 0 fully saturated rings. The highest BCUT2D eigenvalue weighted by Gasteiger charge is 2.09. The third-order valence-corrected chi connectivity index (χ3v) is 3.23. The first kappa shape index (κ1) is 14.6. The Morgan fingerprint density at radius 3 is 2.90 bits per heavy atom. The number of aryl methyl sites for hydroxylation is 1. The van der Waals surface area contributed by atoms with Crippen molar-refractivity contribution in [2.75, 3.05) is 6.61 Å². The molecule has 20 heavy (non-hydrogen) atoms. The molecule has 2 rings (SSSR count). The average molecular weight is 273 g/mol. The number of hydrogen-bond donors (Lipinski definition) is 1. The van der Waals surface area contributed by atoms with E-state index in [1.54, 1.807) is 0 Å². The van der Waals surface area contributed by atoms with E-state index in [9.17, 15) is 0 Å². The van der Waals surface area contributed by atoms with Gasteiger partial charge in [-0.2, -0.15) is 5.10 Å². The normalized spacial score (nSPS) is 12.3. The molecule has 0 aliphatic heterocycles. The third-order valence-electron chi connectivity index (χ3n) is 3.23. The second-order valence-corrected chi connectivity index (χ2v) is 4.94. The van der Waals surface area contributed by atoms with Gasteiger partial charge >= 0.3 is 0 Å². The minimum atomic E-state index is -0.0327. The van der Waals surface area contributed by atoms with Crippen LogP contribution in [0.15, 0.2) is 36.7 Å². The second kappa shape index (κ2) is 7.10. The van der Waals surface area contributed by atoms with Crippen LogP contribution in [0.2, 0.25) is 0 Å². The van der Waals surface area contributed by atoms with E-state index >= 15 is 0 Å². The number of rotatable bonds is 7. The molecule has 0 radical (unpaired) electrons. The van der Waals surface area contributed by atoms with Crippen LogP contribution in [0, 0.1) is 0 Å². The van der Waals surface area contributed by atoms with Crippen LogP contribution in [0.25, 0.3) is 0 Å². The zero-order chi connectivity index (χ0) is 14.4. The van der Waals surface area contributed by atoms with Crippen LogP contribution >= 0.6 is 0 Å². The molecule has 1 atom stereocenters. The monoisotopic (exact) mass is 273 g/mol. The lowest BCUT2D eigenvalue weighted by molar-refractivity contribution is 0.317. The fourth-order valence-corrected chi connectivity index (χ4v) is 2.11. The number of ether oxygens (including phenoxy) is 1. The van der Waals surface area contributed by atoms with E-state index in [-0.39, 0.29) is 6.04 Å². The molecule has 1 unspecified atom stereocenters. The van der Waals surface area contributed by atoms with Crippen molar-refractivity contribution in [1.82, 2.24) is 9.78 Å². The Morgan fingerprint density at radius 1 is 1.35 bits per heavy atom. The van der Waals surface area contributed by atoms with Crippen molar-refractivity contribution in [3.63, 3.8) is 0 Å². The van der Waals surface area contributed by atoms with E-state index in [0.717, 1.165) is 37.3 Å². The molecule has 0 spiro atoms. The van der Waals surface area contributed by atoms with E-state index in [2.05, 4.69) is 25.1 Å². The molecule has 0 saturated heterocycles. The van der Waals surface area contributed by atoms with Crippen molar-refractivity contribution in [3.8, 4) is 5.75 Å². The van der Waals surface area contributed by atoms with Crippen LogP contribution in [0.3, 0.4) is 0 Å². The van der Waals surface area contributed by atoms with E-state index in [0.29, 0.717) is 0 Å². The quantitative estimate of drug-likeness (QED) is 0.844. The van der Waals surface area contributed by atoms with Gasteiger partial charge in [-0.3, -0.25) is 4.68 Å². The first-order valence-corrected chi connectivity index (χ1v) is 7.22. The van der Waals surface area contributed by atoms with Gasteiger partial charge in [0.2, 0.25) is 0 Å². The third kappa shape index (κ3) is 3.84. The summed E-state index contributed by atoms with van der Waals surface area (Å²) in [4.78, 5) is 0. The molecular weight excluding hydrogens is 250 g/mol. The number of benzene rings is 1. The first-order valence-electron chi connectivity index (χ1n) is 7.22. The van der Waals surface area contributed by atoms with Crippen LogP contribution in [0.1, 0.15) is 37.4 Å². The molecule has 2 aromatic rings. The maximum Gasteiger partial charge on any atom is 0.119 e. The van der Waals surface area contributed by atoms with Crippen molar-refractivity contribution < 1.29 is 4.74 Å². The summed E-state index contributed by atoms with van der Waals surface area (Å²) in [6.45, 7) is 5.80. The van der Waals surface area contributed by atoms with E-state index in [1.807, 2.05) is 35.1 Å². The lowest BCUT2D eigenvalue weighted by Crippen LogP contribution is -2.13. The fourth-order valence-electron chi connectivity index (χ4n) is 2.11.